The Labute approximate surface area is 148 Å². The minimum Gasteiger partial charge on any atom is -0.324 e. The molecule has 0 saturated heterocycles. The van der Waals surface area contributed by atoms with Crippen molar-refractivity contribution < 1.29 is 9.18 Å². The number of aryl methyl sites for hydroxylation is 1. The lowest BCUT2D eigenvalue weighted by atomic mass is 10.2. The summed E-state index contributed by atoms with van der Waals surface area (Å²) in [6.07, 6.45) is 2.82. The summed E-state index contributed by atoms with van der Waals surface area (Å²) in [6, 6.07) is 11.1. The van der Waals surface area contributed by atoms with E-state index in [4.69, 9.17) is 11.6 Å². The fourth-order valence-electron chi connectivity index (χ4n) is 2.10. The van der Waals surface area contributed by atoms with Gasteiger partial charge in [-0.05, 0) is 48.9 Å². The van der Waals surface area contributed by atoms with Crippen molar-refractivity contribution in [1.82, 2.24) is 9.97 Å². The molecule has 0 aliphatic carbocycles. The zero-order valence-electron chi connectivity index (χ0n) is 13.3. The number of anilines is 3. The molecule has 0 spiro atoms. The quantitative estimate of drug-likeness (QED) is 0.718. The molecule has 7 heteroatoms. The largest absolute Gasteiger partial charge is 0.324 e. The number of carbonyl (C=O) groups excluding carboxylic acids is 1. The first-order valence-corrected chi connectivity index (χ1v) is 7.81. The number of carbonyl (C=O) groups is 1. The normalized spacial score (nSPS) is 10.4. The maximum absolute atomic E-state index is 12.9. The third kappa shape index (κ3) is 4.30. The molecule has 0 aliphatic rings. The van der Waals surface area contributed by atoms with E-state index < -0.39 is 0 Å². The summed E-state index contributed by atoms with van der Waals surface area (Å²) in [5.74, 6) is -0.351. The lowest BCUT2D eigenvalue weighted by Gasteiger charge is -2.09. The third-order valence-corrected chi connectivity index (χ3v) is 3.70. The molecular weight excluding hydrogens is 343 g/mol. The molecule has 1 amide bonds. The number of nitrogens with zero attached hydrogens (tertiary/aromatic N) is 2. The molecule has 3 rings (SSSR count). The minimum absolute atomic E-state index is 0.307. The Morgan fingerprint density at radius 3 is 2.44 bits per heavy atom. The van der Waals surface area contributed by atoms with Crippen molar-refractivity contribution >= 4 is 34.8 Å². The van der Waals surface area contributed by atoms with Gasteiger partial charge in [0.15, 0.2) is 0 Å². The van der Waals surface area contributed by atoms with Gasteiger partial charge >= 0.3 is 0 Å². The molecule has 2 N–H and O–H groups in total. The summed E-state index contributed by atoms with van der Waals surface area (Å²) < 4.78 is 12.9. The first-order valence-electron chi connectivity index (χ1n) is 7.43. The van der Waals surface area contributed by atoms with E-state index in [1.165, 1.54) is 24.5 Å². The van der Waals surface area contributed by atoms with Gasteiger partial charge in [-0.15, -0.1) is 0 Å². The summed E-state index contributed by atoms with van der Waals surface area (Å²) >= 11 is 5.95. The van der Waals surface area contributed by atoms with Crippen molar-refractivity contribution in [3.63, 3.8) is 0 Å². The van der Waals surface area contributed by atoms with Gasteiger partial charge < -0.3 is 10.6 Å². The van der Waals surface area contributed by atoms with E-state index in [2.05, 4.69) is 20.6 Å². The molecule has 0 fully saturated rings. The minimum atomic E-state index is -0.335. The zero-order chi connectivity index (χ0) is 17.8. The van der Waals surface area contributed by atoms with Crippen LogP contribution in [0.1, 0.15) is 15.9 Å². The molecule has 0 unspecified atom stereocenters. The Hall–Kier alpha value is -2.99. The second kappa shape index (κ2) is 7.27. The number of benzene rings is 2. The van der Waals surface area contributed by atoms with Crippen LogP contribution in [-0.4, -0.2) is 15.9 Å². The molecular formula is C18H14ClFN4O. The molecule has 0 saturated carbocycles. The van der Waals surface area contributed by atoms with Crippen LogP contribution in [0, 0.1) is 12.7 Å². The third-order valence-electron chi connectivity index (χ3n) is 3.46. The molecule has 1 heterocycles. The van der Waals surface area contributed by atoms with Gasteiger partial charge in [0.2, 0.25) is 5.95 Å². The van der Waals surface area contributed by atoms with Crippen molar-refractivity contribution in [1.29, 1.82) is 0 Å². The molecule has 5 nitrogen and oxygen atoms in total. The van der Waals surface area contributed by atoms with Crippen LogP contribution in [0.2, 0.25) is 5.02 Å². The van der Waals surface area contributed by atoms with E-state index in [9.17, 15) is 9.18 Å². The molecule has 0 radical (unpaired) electrons. The summed E-state index contributed by atoms with van der Waals surface area (Å²) in [7, 11) is 0. The van der Waals surface area contributed by atoms with Crippen LogP contribution >= 0.6 is 11.6 Å². The standard InChI is InChI=1S/C18H14ClFN4O/c1-11-2-3-13(19)8-16(11)24-17(25)12-9-21-18(22-10-12)23-15-6-4-14(20)5-7-15/h2-10H,1H3,(H,24,25)(H,21,22,23). The molecule has 0 aliphatic heterocycles. The highest BCUT2D eigenvalue weighted by atomic mass is 35.5. The SMILES string of the molecule is Cc1ccc(Cl)cc1NC(=O)c1cnc(Nc2ccc(F)cc2)nc1. The molecule has 126 valence electrons. The van der Waals surface area contributed by atoms with E-state index in [1.54, 1.807) is 24.3 Å². The lowest BCUT2D eigenvalue weighted by molar-refractivity contribution is 0.102. The van der Waals surface area contributed by atoms with Gasteiger partial charge in [-0.3, -0.25) is 4.79 Å². The first-order chi connectivity index (χ1) is 12.0. The van der Waals surface area contributed by atoms with Crippen LogP contribution in [0.3, 0.4) is 0 Å². The summed E-state index contributed by atoms with van der Waals surface area (Å²) in [4.78, 5) is 20.5. The van der Waals surface area contributed by atoms with E-state index in [1.807, 2.05) is 13.0 Å². The van der Waals surface area contributed by atoms with Crippen molar-refractivity contribution in [3.8, 4) is 0 Å². The van der Waals surface area contributed by atoms with Gasteiger partial charge in [0.1, 0.15) is 5.82 Å². The first kappa shape index (κ1) is 16.9. The average molecular weight is 357 g/mol. The van der Waals surface area contributed by atoms with Crippen LogP contribution in [0.4, 0.5) is 21.7 Å². The predicted molar refractivity (Wildman–Crippen MR) is 95.9 cm³/mol. The second-order valence-corrected chi connectivity index (χ2v) is 5.78. The van der Waals surface area contributed by atoms with Gasteiger partial charge in [0, 0.05) is 28.8 Å². The highest BCUT2D eigenvalue weighted by molar-refractivity contribution is 6.31. The fourth-order valence-corrected chi connectivity index (χ4v) is 2.27. The van der Waals surface area contributed by atoms with Gasteiger partial charge in [-0.1, -0.05) is 17.7 Å². The lowest BCUT2D eigenvalue weighted by Crippen LogP contribution is -2.14. The van der Waals surface area contributed by atoms with E-state index in [0.717, 1.165) is 5.56 Å². The molecule has 3 aromatic rings. The Bertz CT molecular complexity index is 898. The maximum atomic E-state index is 12.9. The predicted octanol–water partition coefficient (Wildman–Crippen LogP) is 4.57. The zero-order valence-corrected chi connectivity index (χ0v) is 14.0. The maximum Gasteiger partial charge on any atom is 0.258 e. The van der Waals surface area contributed by atoms with Crippen LogP contribution < -0.4 is 10.6 Å². The van der Waals surface area contributed by atoms with Crippen LogP contribution in [0.25, 0.3) is 0 Å². The Morgan fingerprint density at radius 1 is 1.08 bits per heavy atom. The molecule has 1 aromatic heterocycles. The molecule has 0 bridgehead atoms. The highest BCUT2D eigenvalue weighted by Gasteiger charge is 2.10. The second-order valence-electron chi connectivity index (χ2n) is 5.34. The van der Waals surface area contributed by atoms with Gasteiger partial charge in [0.25, 0.3) is 5.91 Å². The summed E-state index contributed by atoms with van der Waals surface area (Å²) in [5, 5.41) is 6.24. The smallest absolute Gasteiger partial charge is 0.258 e. The number of halogens is 2. The number of nitrogens with one attached hydrogen (secondary N) is 2. The molecule has 25 heavy (non-hydrogen) atoms. The van der Waals surface area contributed by atoms with Crippen LogP contribution in [-0.2, 0) is 0 Å². The number of rotatable bonds is 4. The van der Waals surface area contributed by atoms with E-state index >= 15 is 0 Å². The van der Waals surface area contributed by atoms with Crippen LogP contribution in [0.5, 0.6) is 0 Å². The van der Waals surface area contributed by atoms with Gasteiger partial charge in [-0.25, -0.2) is 14.4 Å². The van der Waals surface area contributed by atoms with Crippen molar-refractivity contribution in [2.45, 2.75) is 6.92 Å². The highest BCUT2D eigenvalue weighted by Crippen LogP contribution is 2.21. The Kier molecular flexibility index (Phi) is 4.90. The average Bonchev–Trinajstić information content (AvgIpc) is 2.61. The molecule has 2 aromatic carbocycles. The molecule has 0 atom stereocenters. The number of amides is 1. The van der Waals surface area contributed by atoms with Crippen molar-refractivity contribution in [2.75, 3.05) is 10.6 Å². The van der Waals surface area contributed by atoms with E-state index in [0.29, 0.717) is 27.9 Å². The summed E-state index contributed by atoms with van der Waals surface area (Å²) in [5.41, 5.74) is 2.48. The number of hydrogen-bond donors (Lipinski definition) is 2. The van der Waals surface area contributed by atoms with Crippen LogP contribution in [0.15, 0.2) is 54.9 Å². The Balaban J connectivity index is 1.70. The topological polar surface area (TPSA) is 66.9 Å². The monoisotopic (exact) mass is 356 g/mol. The van der Waals surface area contributed by atoms with Crippen molar-refractivity contribution in [3.05, 3.63) is 76.8 Å². The fraction of sp³-hybridized carbons (Fsp3) is 0.0556. The van der Waals surface area contributed by atoms with Crippen molar-refractivity contribution in [2.24, 2.45) is 0 Å². The van der Waals surface area contributed by atoms with Gasteiger partial charge in [-0.2, -0.15) is 0 Å². The van der Waals surface area contributed by atoms with Gasteiger partial charge in [0.05, 0.1) is 5.56 Å². The van der Waals surface area contributed by atoms with E-state index in [-0.39, 0.29) is 11.7 Å². The Morgan fingerprint density at radius 2 is 1.76 bits per heavy atom. The number of hydrogen-bond acceptors (Lipinski definition) is 4. The number of aromatic nitrogens is 2. The summed E-state index contributed by atoms with van der Waals surface area (Å²) in [6.45, 7) is 1.87.